The Bertz CT molecular complexity index is 505. The van der Waals surface area contributed by atoms with E-state index in [1.807, 2.05) is 20.0 Å². The third-order valence-electron chi connectivity index (χ3n) is 2.60. The van der Waals surface area contributed by atoms with E-state index in [4.69, 9.17) is 5.73 Å². The van der Waals surface area contributed by atoms with Crippen molar-refractivity contribution in [2.24, 2.45) is 12.8 Å². The minimum Gasteiger partial charge on any atom is -0.319 e. The summed E-state index contributed by atoms with van der Waals surface area (Å²) in [6.45, 7) is 1.89. The molecule has 1 unspecified atom stereocenters. The zero-order chi connectivity index (χ0) is 11.7. The second-order valence-corrected chi connectivity index (χ2v) is 3.83. The molecular weight excluding hydrogens is 205 g/mol. The highest BCUT2D eigenvalue weighted by molar-refractivity contribution is 5.29. The van der Waals surface area contributed by atoms with Crippen LogP contribution >= 0.6 is 0 Å². The van der Waals surface area contributed by atoms with Crippen molar-refractivity contribution in [2.75, 3.05) is 0 Å². The van der Waals surface area contributed by atoms with Crippen LogP contribution in [0, 0.1) is 12.7 Å². The van der Waals surface area contributed by atoms with Crippen molar-refractivity contribution in [3.8, 4) is 0 Å². The van der Waals surface area contributed by atoms with Gasteiger partial charge in [-0.25, -0.2) is 4.39 Å². The summed E-state index contributed by atoms with van der Waals surface area (Å²) in [5.74, 6) is -0.283. The first-order chi connectivity index (χ1) is 7.59. The minimum absolute atomic E-state index is 0.283. The van der Waals surface area contributed by atoms with Crippen LogP contribution in [0.5, 0.6) is 0 Å². The Kier molecular flexibility index (Phi) is 2.75. The third kappa shape index (κ3) is 1.84. The molecule has 0 aliphatic heterocycles. The number of nitrogens with zero attached hydrogens (tertiary/aromatic N) is 2. The molecule has 0 spiro atoms. The van der Waals surface area contributed by atoms with Crippen molar-refractivity contribution >= 4 is 0 Å². The van der Waals surface area contributed by atoms with Gasteiger partial charge in [-0.15, -0.1) is 0 Å². The number of rotatable bonds is 2. The van der Waals surface area contributed by atoms with Crippen LogP contribution in [0.15, 0.2) is 30.3 Å². The maximum atomic E-state index is 13.6. The molecular formula is C12H14FN3. The molecule has 1 heterocycles. The van der Waals surface area contributed by atoms with Crippen LogP contribution in [-0.4, -0.2) is 9.78 Å². The molecule has 16 heavy (non-hydrogen) atoms. The van der Waals surface area contributed by atoms with Crippen molar-refractivity contribution < 1.29 is 4.39 Å². The number of aromatic nitrogens is 2. The monoisotopic (exact) mass is 219 g/mol. The average Bonchev–Trinajstić information content (AvgIpc) is 2.58. The van der Waals surface area contributed by atoms with Gasteiger partial charge in [0.1, 0.15) is 5.82 Å². The van der Waals surface area contributed by atoms with Gasteiger partial charge in [-0.1, -0.05) is 18.2 Å². The predicted molar refractivity (Wildman–Crippen MR) is 60.4 cm³/mol. The van der Waals surface area contributed by atoms with Gasteiger partial charge in [-0.3, -0.25) is 4.68 Å². The summed E-state index contributed by atoms with van der Waals surface area (Å²) in [5, 5.41) is 4.20. The summed E-state index contributed by atoms with van der Waals surface area (Å²) < 4.78 is 15.2. The first-order valence-electron chi connectivity index (χ1n) is 5.10. The molecule has 0 bridgehead atoms. The maximum Gasteiger partial charge on any atom is 0.128 e. The van der Waals surface area contributed by atoms with E-state index in [2.05, 4.69) is 5.10 Å². The molecule has 84 valence electrons. The van der Waals surface area contributed by atoms with Gasteiger partial charge in [0.15, 0.2) is 0 Å². The Labute approximate surface area is 93.7 Å². The lowest BCUT2D eigenvalue weighted by atomic mass is 10.0. The molecule has 4 heteroatoms. The number of aryl methyl sites for hydroxylation is 2. The van der Waals surface area contributed by atoms with Gasteiger partial charge in [0, 0.05) is 12.6 Å². The Morgan fingerprint density at radius 1 is 1.38 bits per heavy atom. The Balaban J connectivity index is 2.43. The number of nitrogens with two attached hydrogens (primary N) is 1. The van der Waals surface area contributed by atoms with Crippen LogP contribution < -0.4 is 5.73 Å². The van der Waals surface area contributed by atoms with E-state index in [0.717, 1.165) is 11.4 Å². The third-order valence-corrected chi connectivity index (χ3v) is 2.60. The molecule has 0 saturated heterocycles. The van der Waals surface area contributed by atoms with Crippen LogP contribution in [0.4, 0.5) is 4.39 Å². The lowest BCUT2D eigenvalue weighted by Crippen LogP contribution is -2.17. The first-order valence-corrected chi connectivity index (χ1v) is 5.10. The van der Waals surface area contributed by atoms with E-state index in [9.17, 15) is 4.39 Å². The molecule has 0 aliphatic carbocycles. The second kappa shape index (κ2) is 4.06. The van der Waals surface area contributed by atoms with Gasteiger partial charge in [-0.2, -0.15) is 5.10 Å². The van der Waals surface area contributed by atoms with E-state index in [0.29, 0.717) is 5.56 Å². The zero-order valence-electron chi connectivity index (χ0n) is 9.31. The molecule has 0 aliphatic rings. The van der Waals surface area contributed by atoms with Crippen LogP contribution in [0.2, 0.25) is 0 Å². The number of hydrogen-bond acceptors (Lipinski definition) is 2. The van der Waals surface area contributed by atoms with Crippen molar-refractivity contribution in [1.29, 1.82) is 0 Å². The van der Waals surface area contributed by atoms with Crippen LogP contribution in [-0.2, 0) is 7.05 Å². The predicted octanol–water partition coefficient (Wildman–Crippen LogP) is 1.92. The SMILES string of the molecule is Cc1cc(C(N)c2ccccc2F)n(C)n1. The Morgan fingerprint density at radius 3 is 2.62 bits per heavy atom. The van der Waals surface area contributed by atoms with E-state index < -0.39 is 6.04 Å². The van der Waals surface area contributed by atoms with E-state index in [1.165, 1.54) is 6.07 Å². The lowest BCUT2D eigenvalue weighted by molar-refractivity contribution is 0.586. The smallest absolute Gasteiger partial charge is 0.128 e. The molecule has 2 aromatic rings. The van der Waals surface area contributed by atoms with E-state index in [1.54, 1.807) is 22.9 Å². The normalized spacial score (nSPS) is 12.8. The van der Waals surface area contributed by atoms with Crippen molar-refractivity contribution in [3.05, 3.63) is 53.1 Å². The highest BCUT2D eigenvalue weighted by Crippen LogP contribution is 2.21. The molecule has 0 amide bonds. The highest BCUT2D eigenvalue weighted by Gasteiger charge is 2.16. The summed E-state index contributed by atoms with van der Waals surface area (Å²) in [6, 6.07) is 7.94. The number of benzene rings is 1. The van der Waals surface area contributed by atoms with Gasteiger partial charge < -0.3 is 5.73 Å². The molecule has 1 aromatic heterocycles. The summed E-state index contributed by atoms with van der Waals surface area (Å²) in [6.07, 6.45) is 0. The van der Waals surface area contributed by atoms with Crippen molar-refractivity contribution in [2.45, 2.75) is 13.0 Å². The Morgan fingerprint density at radius 2 is 2.06 bits per heavy atom. The molecule has 2 N–H and O–H groups in total. The summed E-state index contributed by atoms with van der Waals surface area (Å²) in [7, 11) is 1.81. The van der Waals surface area contributed by atoms with Crippen LogP contribution in [0.1, 0.15) is 23.0 Å². The Hall–Kier alpha value is -1.68. The fraction of sp³-hybridized carbons (Fsp3) is 0.250. The van der Waals surface area contributed by atoms with Gasteiger partial charge >= 0.3 is 0 Å². The maximum absolute atomic E-state index is 13.6. The van der Waals surface area contributed by atoms with Gasteiger partial charge in [0.25, 0.3) is 0 Å². The van der Waals surface area contributed by atoms with Crippen molar-refractivity contribution in [3.63, 3.8) is 0 Å². The van der Waals surface area contributed by atoms with Crippen LogP contribution in [0.25, 0.3) is 0 Å². The van der Waals surface area contributed by atoms with E-state index in [-0.39, 0.29) is 5.82 Å². The number of halogens is 1. The first kappa shape index (κ1) is 10.8. The van der Waals surface area contributed by atoms with Crippen LogP contribution in [0.3, 0.4) is 0 Å². The quantitative estimate of drug-likeness (QED) is 0.838. The van der Waals surface area contributed by atoms with Gasteiger partial charge in [0.05, 0.1) is 17.4 Å². The summed E-state index contributed by atoms with van der Waals surface area (Å²) in [5.41, 5.74) is 8.21. The molecule has 0 radical (unpaired) electrons. The molecule has 2 rings (SSSR count). The van der Waals surface area contributed by atoms with Crippen molar-refractivity contribution in [1.82, 2.24) is 9.78 Å². The molecule has 1 aromatic carbocycles. The molecule has 1 atom stereocenters. The number of hydrogen-bond donors (Lipinski definition) is 1. The largest absolute Gasteiger partial charge is 0.319 e. The average molecular weight is 219 g/mol. The lowest BCUT2D eigenvalue weighted by Gasteiger charge is -2.12. The molecule has 3 nitrogen and oxygen atoms in total. The summed E-state index contributed by atoms with van der Waals surface area (Å²) >= 11 is 0. The second-order valence-electron chi connectivity index (χ2n) is 3.83. The standard InChI is InChI=1S/C12H14FN3/c1-8-7-11(16(2)15-8)12(14)9-5-3-4-6-10(9)13/h3-7,12H,14H2,1-2H3. The summed E-state index contributed by atoms with van der Waals surface area (Å²) in [4.78, 5) is 0. The molecule has 0 saturated carbocycles. The van der Waals surface area contributed by atoms with Gasteiger partial charge in [0.2, 0.25) is 0 Å². The highest BCUT2D eigenvalue weighted by atomic mass is 19.1. The minimum atomic E-state index is -0.479. The zero-order valence-corrected chi connectivity index (χ0v) is 9.31. The fourth-order valence-corrected chi connectivity index (χ4v) is 1.81. The molecule has 0 fully saturated rings. The topological polar surface area (TPSA) is 43.8 Å². The van der Waals surface area contributed by atoms with Gasteiger partial charge in [-0.05, 0) is 19.1 Å². The van der Waals surface area contributed by atoms with E-state index >= 15 is 0 Å². The fourth-order valence-electron chi connectivity index (χ4n) is 1.81.